The average molecular weight is 380 g/mol. The number of nitrogen functional groups attached to an aromatic ring is 1. The summed E-state index contributed by atoms with van der Waals surface area (Å²) in [6.07, 6.45) is 5.13. The van der Waals surface area contributed by atoms with E-state index in [1.165, 1.54) is 11.3 Å². The molecule has 0 radical (unpaired) electrons. The third-order valence-corrected chi connectivity index (χ3v) is 5.46. The first-order chi connectivity index (χ1) is 13.2. The molecule has 1 aliphatic rings. The molecule has 1 saturated heterocycles. The number of anilines is 1. The van der Waals surface area contributed by atoms with E-state index in [-0.39, 0.29) is 5.91 Å². The van der Waals surface area contributed by atoms with Gasteiger partial charge in [-0.05, 0) is 12.1 Å². The van der Waals surface area contributed by atoms with Crippen LogP contribution in [0.15, 0.2) is 36.8 Å². The highest BCUT2D eigenvalue weighted by atomic mass is 32.1. The largest absolute Gasteiger partial charge is 0.378 e. The Bertz CT molecular complexity index is 1160. The quantitative estimate of drug-likeness (QED) is 0.572. The normalized spacial score (nSPS) is 14.9. The van der Waals surface area contributed by atoms with Gasteiger partial charge in [0.05, 0.1) is 41.5 Å². The van der Waals surface area contributed by atoms with Crippen molar-refractivity contribution in [3.05, 3.63) is 42.5 Å². The van der Waals surface area contributed by atoms with Crippen LogP contribution in [0.1, 0.15) is 10.5 Å². The van der Waals surface area contributed by atoms with Crippen molar-refractivity contribution in [1.29, 1.82) is 0 Å². The average Bonchev–Trinajstić information content (AvgIpc) is 3.29. The fraction of sp³-hybridized carbons (Fsp3) is 0.222. The lowest BCUT2D eigenvalue weighted by atomic mass is 10.1. The molecule has 8 nitrogen and oxygen atoms in total. The van der Waals surface area contributed by atoms with E-state index < -0.39 is 0 Å². The first kappa shape index (κ1) is 16.2. The van der Waals surface area contributed by atoms with Gasteiger partial charge in [0, 0.05) is 24.8 Å². The Balaban J connectivity index is 1.56. The number of thiazole rings is 1. The van der Waals surface area contributed by atoms with Crippen LogP contribution in [0.3, 0.4) is 0 Å². The van der Waals surface area contributed by atoms with Gasteiger partial charge in [0.2, 0.25) is 0 Å². The lowest BCUT2D eigenvalue weighted by Crippen LogP contribution is -2.41. The minimum Gasteiger partial charge on any atom is -0.378 e. The zero-order valence-electron chi connectivity index (χ0n) is 14.3. The third kappa shape index (κ3) is 2.81. The molecule has 1 aliphatic heterocycles. The number of rotatable bonds is 2. The highest BCUT2D eigenvalue weighted by Crippen LogP contribution is 2.28. The maximum atomic E-state index is 12.9. The summed E-state index contributed by atoms with van der Waals surface area (Å²) in [4.78, 5) is 27.8. The van der Waals surface area contributed by atoms with Crippen LogP contribution in [0.5, 0.6) is 0 Å². The number of morpholine rings is 1. The molecule has 4 aromatic rings. The van der Waals surface area contributed by atoms with E-state index in [9.17, 15) is 4.79 Å². The Morgan fingerprint density at radius 2 is 2.04 bits per heavy atom. The molecule has 0 spiro atoms. The minimum atomic E-state index is -0.0476. The zero-order valence-corrected chi connectivity index (χ0v) is 15.1. The lowest BCUT2D eigenvalue weighted by Gasteiger charge is -2.26. The number of carbonyl (C=O) groups excluding carboxylic acids is 1. The number of aromatic nitrogens is 4. The molecule has 1 fully saturated rings. The molecule has 0 atom stereocenters. The maximum Gasteiger partial charge on any atom is 0.272 e. The molecule has 27 heavy (non-hydrogen) atoms. The van der Waals surface area contributed by atoms with E-state index in [1.807, 2.05) is 24.4 Å². The number of nitrogens with two attached hydrogens (primary N) is 1. The maximum absolute atomic E-state index is 12.9. The molecule has 1 amide bonds. The minimum absolute atomic E-state index is 0.0476. The van der Waals surface area contributed by atoms with Crippen molar-refractivity contribution in [3.63, 3.8) is 0 Å². The van der Waals surface area contributed by atoms with Gasteiger partial charge in [-0.3, -0.25) is 14.2 Å². The van der Waals surface area contributed by atoms with Crippen LogP contribution in [0.25, 0.3) is 27.1 Å². The predicted molar refractivity (Wildman–Crippen MR) is 103 cm³/mol. The summed E-state index contributed by atoms with van der Waals surface area (Å²) in [6.45, 7) is 2.31. The van der Waals surface area contributed by atoms with Gasteiger partial charge in [-0.2, -0.15) is 0 Å². The summed E-state index contributed by atoms with van der Waals surface area (Å²) in [5.41, 5.74) is 9.52. The molecule has 2 N–H and O–H groups in total. The van der Waals surface area contributed by atoms with Gasteiger partial charge in [0.25, 0.3) is 5.91 Å². The summed E-state index contributed by atoms with van der Waals surface area (Å²) < 4.78 is 8.13. The molecule has 136 valence electrons. The van der Waals surface area contributed by atoms with Crippen LogP contribution in [0, 0.1) is 0 Å². The lowest BCUT2D eigenvalue weighted by molar-refractivity contribution is 0.0298. The number of imidazole rings is 1. The van der Waals surface area contributed by atoms with Gasteiger partial charge in [-0.1, -0.05) is 17.4 Å². The second-order valence-corrected chi connectivity index (χ2v) is 7.35. The van der Waals surface area contributed by atoms with Gasteiger partial charge in [0.1, 0.15) is 5.69 Å². The van der Waals surface area contributed by atoms with Crippen molar-refractivity contribution in [2.24, 2.45) is 0 Å². The number of benzene rings is 1. The molecule has 0 aliphatic carbocycles. The molecule has 0 bridgehead atoms. The first-order valence-corrected chi connectivity index (χ1v) is 9.37. The second kappa shape index (κ2) is 6.29. The van der Waals surface area contributed by atoms with Crippen LogP contribution < -0.4 is 5.73 Å². The van der Waals surface area contributed by atoms with Crippen molar-refractivity contribution < 1.29 is 9.53 Å². The molecular formula is C18H16N6O2S. The molecule has 5 rings (SSSR count). The molecule has 4 heterocycles. The molecule has 3 aromatic heterocycles. The monoisotopic (exact) mass is 380 g/mol. The Labute approximate surface area is 158 Å². The second-order valence-electron chi connectivity index (χ2n) is 6.28. The number of hydrogen-bond donors (Lipinski definition) is 1. The molecule has 0 unspecified atom stereocenters. The third-order valence-electron chi connectivity index (χ3n) is 4.61. The number of nitrogens with zero attached hydrogens (tertiary/aromatic N) is 5. The Kier molecular flexibility index (Phi) is 3.76. The van der Waals surface area contributed by atoms with Gasteiger partial charge >= 0.3 is 0 Å². The number of amides is 1. The van der Waals surface area contributed by atoms with E-state index >= 15 is 0 Å². The van der Waals surface area contributed by atoms with Crippen molar-refractivity contribution in [2.75, 3.05) is 32.0 Å². The summed E-state index contributed by atoms with van der Waals surface area (Å²) in [6, 6.07) is 5.89. The molecule has 1 aromatic carbocycles. The molecule has 0 saturated carbocycles. The number of hydrogen-bond acceptors (Lipinski definition) is 7. The fourth-order valence-electron chi connectivity index (χ4n) is 3.23. The Morgan fingerprint density at radius 3 is 2.89 bits per heavy atom. The summed E-state index contributed by atoms with van der Waals surface area (Å²) in [5.74, 6) is -0.0476. The number of carbonyl (C=O) groups is 1. The topological polar surface area (TPSA) is 98.6 Å². The number of fused-ring (bicyclic) bond motifs is 2. The van der Waals surface area contributed by atoms with E-state index in [4.69, 9.17) is 10.5 Å². The van der Waals surface area contributed by atoms with E-state index in [0.717, 1.165) is 21.5 Å². The van der Waals surface area contributed by atoms with Crippen molar-refractivity contribution in [2.45, 2.75) is 0 Å². The number of ether oxygens (including phenoxy) is 1. The fourth-order valence-corrected chi connectivity index (χ4v) is 4.00. The highest BCUT2D eigenvalue weighted by Gasteiger charge is 2.22. The van der Waals surface area contributed by atoms with E-state index in [2.05, 4.69) is 15.0 Å². The summed E-state index contributed by atoms with van der Waals surface area (Å²) in [5, 5.41) is 0.540. The van der Waals surface area contributed by atoms with Gasteiger partial charge in [0.15, 0.2) is 10.8 Å². The van der Waals surface area contributed by atoms with Gasteiger partial charge < -0.3 is 15.4 Å². The van der Waals surface area contributed by atoms with Crippen LogP contribution >= 0.6 is 11.3 Å². The SMILES string of the molecule is Nc1nc2ccc(-c3cn4c(C(=O)N5CCOCC5)cnc4cn3)cc2s1. The predicted octanol–water partition coefficient (Wildman–Crippen LogP) is 2.06. The van der Waals surface area contributed by atoms with Crippen LogP contribution in [-0.4, -0.2) is 56.5 Å². The Hall–Kier alpha value is -3.04. The van der Waals surface area contributed by atoms with Crippen molar-refractivity contribution in [3.8, 4) is 11.3 Å². The van der Waals surface area contributed by atoms with Crippen LogP contribution in [0.2, 0.25) is 0 Å². The van der Waals surface area contributed by atoms with Crippen molar-refractivity contribution >= 4 is 38.2 Å². The van der Waals surface area contributed by atoms with E-state index in [1.54, 1.807) is 21.7 Å². The van der Waals surface area contributed by atoms with Crippen LogP contribution in [-0.2, 0) is 4.74 Å². The standard InChI is InChI=1S/C18H16N6O2S/c19-18-22-12-2-1-11(7-15(12)27-18)13-10-24-14(8-21-16(24)9-20-13)17(25)23-3-5-26-6-4-23/h1-2,7-10H,3-6H2,(H2,19,22). The van der Waals surface area contributed by atoms with Crippen molar-refractivity contribution in [1.82, 2.24) is 24.3 Å². The van der Waals surface area contributed by atoms with Gasteiger partial charge in [-0.25, -0.2) is 9.97 Å². The highest BCUT2D eigenvalue weighted by molar-refractivity contribution is 7.22. The zero-order chi connectivity index (χ0) is 18.4. The Morgan fingerprint density at radius 1 is 1.19 bits per heavy atom. The summed E-state index contributed by atoms with van der Waals surface area (Å²) in [7, 11) is 0. The molecule has 9 heteroatoms. The summed E-state index contributed by atoms with van der Waals surface area (Å²) >= 11 is 1.44. The van der Waals surface area contributed by atoms with Crippen LogP contribution in [0.4, 0.5) is 5.13 Å². The van der Waals surface area contributed by atoms with Gasteiger partial charge in [-0.15, -0.1) is 0 Å². The molecular weight excluding hydrogens is 364 g/mol. The first-order valence-electron chi connectivity index (χ1n) is 8.55. The smallest absolute Gasteiger partial charge is 0.272 e. The van der Waals surface area contributed by atoms with E-state index in [0.29, 0.717) is 42.8 Å².